The Bertz CT molecular complexity index is 942. The van der Waals surface area contributed by atoms with Gasteiger partial charge < -0.3 is 15.2 Å². The van der Waals surface area contributed by atoms with Crippen molar-refractivity contribution in [3.05, 3.63) is 95.0 Å². The minimum atomic E-state index is -1.13. The molecule has 3 aromatic carbocycles. The second-order valence-electron chi connectivity index (χ2n) is 5.71. The molecule has 0 fully saturated rings. The van der Waals surface area contributed by atoms with Crippen LogP contribution in [0.25, 0.3) is 0 Å². The van der Waals surface area contributed by atoms with Crippen molar-refractivity contribution in [2.75, 3.05) is 5.32 Å². The van der Waals surface area contributed by atoms with E-state index in [9.17, 15) is 14.7 Å². The molecule has 0 aliphatic rings. The molecule has 0 saturated carbocycles. The van der Waals surface area contributed by atoms with Gasteiger partial charge in [0.2, 0.25) is 6.10 Å². The topological polar surface area (TPSA) is 75.6 Å². The lowest BCUT2D eigenvalue weighted by Gasteiger charge is -2.15. The SMILES string of the molecule is O=C(Nc1ccccc1Cl)c1ccc(OC(C(=O)O)c2ccccc2)cc1. The van der Waals surface area contributed by atoms with E-state index in [1.807, 2.05) is 0 Å². The highest BCUT2D eigenvalue weighted by Crippen LogP contribution is 2.24. The van der Waals surface area contributed by atoms with Crippen molar-refractivity contribution in [1.82, 2.24) is 0 Å². The summed E-state index contributed by atoms with van der Waals surface area (Å²) in [6.45, 7) is 0. The number of benzene rings is 3. The van der Waals surface area contributed by atoms with Crippen LogP contribution in [0.1, 0.15) is 22.0 Å². The normalized spacial score (nSPS) is 11.4. The lowest BCUT2D eigenvalue weighted by Crippen LogP contribution is -2.18. The fraction of sp³-hybridized carbons (Fsp3) is 0.0476. The van der Waals surface area contributed by atoms with E-state index in [2.05, 4.69) is 5.32 Å². The molecule has 3 rings (SSSR count). The first-order valence-corrected chi connectivity index (χ1v) is 8.53. The number of carbonyl (C=O) groups excluding carboxylic acids is 1. The van der Waals surface area contributed by atoms with E-state index in [4.69, 9.17) is 16.3 Å². The van der Waals surface area contributed by atoms with Crippen LogP contribution in [-0.2, 0) is 4.79 Å². The summed E-state index contributed by atoms with van der Waals surface area (Å²) < 4.78 is 5.58. The van der Waals surface area contributed by atoms with Crippen molar-refractivity contribution in [3.8, 4) is 5.75 Å². The zero-order valence-electron chi connectivity index (χ0n) is 14.1. The quantitative estimate of drug-likeness (QED) is 0.643. The molecule has 3 aromatic rings. The van der Waals surface area contributed by atoms with Crippen molar-refractivity contribution in [3.63, 3.8) is 0 Å². The molecule has 0 aliphatic heterocycles. The average Bonchev–Trinajstić information content (AvgIpc) is 2.68. The predicted octanol–water partition coefficient (Wildman–Crippen LogP) is 4.80. The van der Waals surface area contributed by atoms with Gasteiger partial charge in [0.15, 0.2) is 0 Å². The molecule has 6 heteroatoms. The second-order valence-corrected chi connectivity index (χ2v) is 6.11. The van der Waals surface area contributed by atoms with E-state index >= 15 is 0 Å². The van der Waals surface area contributed by atoms with Gasteiger partial charge in [0, 0.05) is 11.1 Å². The molecule has 0 bridgehead atoms. The van der Waals surface area contributed by atoms with E-state index < -0.39 is 12.1 Å². The Hall–Kier alpha value is -3.31. The molecule has 1 amide bonds. The van der Waals surface area contributed by atoms with Crippen LogP contribution in [0.15, 0.2) is 78.9 Å². The number of hydrogen-bond acceptors (Lipinski definition) is 3. The Balaban J connectivity index is 1.72. The Morgan fingerprint density at radius 3 is 2.15 bits per heavy atom. The van der Waals surface area contributed by atoms with Crippen LogP contribution in [0.3, 0.4) is 0 Å². The van der Waals surface area contributed by atoms with Gasteiger partial charge in [-0.25, -0.2) is 4.79 Å². The predicted molar refractivity (Wildman–Crippen MR) is 103 cm³/mol. The molecule has 1 unspecified atom stereocenters. The zero-order chi connectivity index (χ0) is 19.2. The lowest BCUT2D eigenvalue weighted by molar-refractivity contribution is -0.145. The summed E-state index contributed by atoms with van der Waals surface area (Å²) in [5.74, 6) is -1.07. The standard InChI is InChI=1S/C21H16ClNO4/c22-17-8-4-5-9-18(17)23-20(24)15-10-12-16(13-11-15)27-19(21(25)26)14-6-2-1-3-7-14/h1-13,19H,(H,23,24)(H,25,26). The summed E-state index contributed by atoms with van der Waals surface area (Å²) >= 11 is 6.04. The highest BCUT2D eigenvalue weighted by atomic mass is 35.5. The van der Waals surface area contributed by atoms with Crippen LogP contribution in [0.4, 0.5) is 5.69 Å². The third kappa shape index (κ3) is 4.65. The van der Waals surface area contributed by atoms with Gasteiger partial charge in [-0.05, 0) is 36.4 Å². The Labute approximate surface area is 161 Å². The van der Waals surface area contributed by atoms with Crippen LogP contribution < -0.4 is 10.1 Å². The van der Waals surface area contributed by atoms with Crippen LogP contribution in [0.2, 0.25) is 5.02 Å². The first-order chi connectivity index (χ1) is 13.0. The van der Waals surface area contributed by atoms with Crippen molar-refractivity contribution >= 4 is 29.2 Å². The van der Waals surface area contributed by atoms with Gasteiger partial charge >= 0.3 is 5.97 Å². The van der Waals surface area contributed by atoms with Gasteiger partial charge in [0.25, 0.3) is 5.91 Å². The zero-order valence-corrected chi connectivity index (χ0v) is 14.9. The average molecular weight is 382 g/mol. The Kier molecular flexibility index (Phi) is 5.74. The molecule has 0 spiro atoms. The highest BCUT2D eigenvalue weighted by molar-refractivity contribution is 6.33. The number of carboxylic acids is 1. The second kappa shape index (κ2) is 8.38. The number of ether oxygens (including phenoxy) is 1. The number of hydrogen-bond donors (Lipinski definition) is 2. The molecule has 1 atom stereocenters. The summed E-state index contributed by atoms with van der Waals surface area (Å²) in [7, 11) is 0. The van der Waals surface area contributed by atoms with Crippen LogP contribution >= 0.6 is 11.6 Å². The van der Waals surface area contributed by atoms with Crippen molar-refractivity contribution in [1.29, 1.82) is 0 Å². The van der Waals surface area contributed by atoms with Crippen molar-refractivity contribution in [2.45, 2.75) is 6.10 Å². The number of halogens is 1. The van der Waals surface area contributed by atoms with Crippen LogP contribution in [0.5, 0.6) is 5.75 Å². The molecule has 0 aromatic heterocycles. The number of carbonyl (C=O) groups is 2. The molecular formula is C21H16ClNO4. The molecule has 27 heavy (non-hydrogen) atoms. The number of carboxylic acid groups (broad SMARTS) is 1. The number of amides is 1. The van der Waals surface area contributed by atoms with Gasteiger partial charge in [0.05, 0.1) is 10.7 Å². The van der Waals surface area contributed by atoms with Gasteiger partial charge in [-0.3, -0.25) is 4.79 Å². The molecular weight excluding hydrogens is 366 g/mol. The van der Waals surface area contributed by atoms with Crippen molar-refractivity contribution in [2.24, 2.45) is 0 Å². The third-order valence-electron chi connectivity index (χ3n) is 3.82. The van der Waals surface area contributed by atoms with E-state index in [0.29, 0.717) is 27.6 Å². The maximum Gasteiger partial charge on any atom is 0.349 e. The first kappa shape index (κ1) is 18.5. The van der Waals surface area contributed by atoms with E-state index in [1.54, 1.807) is 78.9 Å². The van der Waals surface area contributed by atoms with Crippen LogP contribution in [0, 0.1) is 0 Å². The smallest absolute Gasteiger partial charge is 0.349 e. The number of aliphatic carboxylic acids is 1. The first-order valence-electron chi connectivity index (χ1n) is 8.15. The van der Waals surface area contributed by atoms with Crippen LogP contribution in [-0.4, -0.2) is 17.0 Å². The molecule has 5 nitrogen and oxygen atoms in total. The number of para-hydroxylation sites is 1. The number of anilines is 1. The van der Waals surface area contributed by atoms with Gasteiger partial charge in [-0.1, -0.05) is 54.1 Å². The molecule has 2 N–H and O–H groups in total. The highest BCUT2D eigenvalue weighted by Gasteiger charge is 2.21. The van der Waals surface area contributed by atoms with Gasteiger partial charge in [-0.15, -0.1) is 0 Å². The maximum atomic E-state index is 12.3. The molecule has 136 valence electrons. The third-order valence-corrected chi connectivity index (χ3v) is 4.15. The van der Waals surface area contributed by atoms with Crippen molar-refractivity contribution < 1.29 is 19.4 Å². The summed E-state index contributed by atoms with van der Waals surface area (Å²) in [5.41, 5.74) is 1.44. The van der Waals surface area contributed by atoms with E-state index in [-0.39, 0.29) is 5.91 Å². The Morgan fingerprint density at radius 2 is 1.52 bits per heavy atom. The minimum absolute atomic E-state index is 0.326. The Morgan fingerprint density at radius 1 is 0.889 bits per heavy atom. The lowest BCUT2D eigenvalue weighted by atomic mass is 10.1. The summed E-state index contributed by atoms with van der Waals surface area (Å²) in [4.78, 5) is 23.8. The number of nitrogens with one attached hydrogen (secondary N) is 1. The largest absolute Gasteiger partial charge is 0.478 e. The summed E-state index contributed by atoms with van der Waals surface area (Å²) in [5, 5.41) is 12.6. The van der Waals surface area contributed by atoms with Gasteiger partial charge in [0.1, 0.15) is 5.75 Å². The molecule has 0 aliphatic carbocycles. The monoisotopic (exact) mass is 381 g/mol. The number of rotatable bonds is 6. The molecule has 0 radical (unpaired) electrons. The fourth-order valence-electron chi connectivity index (χ4n) is 2.47. The fourth-order valence-corrected chi connectivity index (χ4v) is 2.65. The molecule has 0 saturated heterocycles. The summed E-state index contributed by atoms with van der Waals surface area (Å²) in [6.07, 6.45) is -1.13. The molecule has 0 heterocycles. The minimum Gasteiger partial charge on any atom is -0.478 e. The van der Waals surface area contributed by atoms with E-state index in [1.165, 1.54) is 0 Å². The van der Waals surface area contributed by atoms with E-state index in [0.717, 1.165) is 0 Å². The summed E-state index contributed by atoms with van der Waals surface area (Å²) in [6, 6.07) is 21.8. The maximum absolute atomic E-state index is 12.3. The van der Waals surface area contributed by atoms with Gasteiger partial charge in [-0.2, -0.15) is 0 Å².